The molecule has 1 amide bonds. The molecule has 2 aromatic heterocycles. The third-order valence-corrected chi connectivity index (χ3v) is 4.41. The number of nitrogens with zero attached hydrogens (tertiary/aromatic N) is 3. The van der Waals surface area contributed by atoms with Gasteiger partial charge in [0, 0.05) is 23.9 Å². The molecule has 2 heterocycles. The Bertz CT molecular complexity index is 985. The monoisotopic (exact) mass is 367 g/mol. The Morgan fingerprint density at radius 2 is 1.93 bits per heavy atom. The van der Waals surface area contributed by atoms with Gasteiger partial charge >= 0.3 is 0 Å². The minimum absolute atomic E-state index is 0.107. The van der Waals surface area contributed by atoms with Crippen molar-refractivity contribution in [2.75, 3.05) is 13.7 Å². The molecule has 27 heavy (non-hydrogen) atoms. The Kier molecular flexibility index (Phi) is 5.07. The van der Waals surface area contributed by atoms with E-state index in [4.69, 9.17) is 4.74 Å². The van der Waals surface area contributed by atoms with E-state index < -0.39 is 5.91 Å². The number of methoxy groups -OCH3 is 1. The van der Waals surface area contributed by atoms with Crippen LogP contribution < -0.4 is 10.1 Å². The fraction of sp³-hybridized carbons (Fsp3) is 0.263. The summed E-state index contributed by atoms with van der Waals surface area (Å²) >= 11 is 0. The molecular weight excluding hydrogens is 346 g/mol. The average Bonchev–Trinajstić information content (AvgIpc) is 3.24. The van der Waals surface area contributed by atoms with E-state index in [9.17, 15) is 9.59 Å². The molecule has 2 N–H and O–H groups in total. The molecule has 0 saturated carbocycles. The average molecular weight is 367 g/mol. The lowest BCUT2D eigenvalue weighted by molar-refractivity contribution is 0.0901. The van der Waals surface area contributed by atoms with Gasteiger partial charge < -0.3 is 10.1 Å². The number of rotatable bonds is 6. The highest BCUT2D eigenvalue weighted by atomic mass is 16.5. The molecule has 0 aliphatic heterocycles. The number of amides is 1. The van der Waals surface area contributed by atoms with Crippen LogP contribution in [-0.2, 0) is 7.05 Å². The van der Waals surface area contributed by atoms with Gasteiger partial charge in [-0.1, -0.05) is 0 Å². The zero-order valence-electron chi connectivity index (χ0n) is 15.7. The number of nitrogens with one attached hydrogen (secondary N) is 2. The smallest absolute Gasteiger partial charge is 0.269 e. The van der Waals surface area contributed by atoms with E-state index in [1.165, 1.54) is 0 Å². The fourth-order valence-corrected chi connectivity index (χ4v) is 2.85. The fourth-order valence-electron chi connectivity index (χ4n) is 2.85. The zero-order chi connectivity index (χ0) is 19.6. The SMILES string of the molecule is COc1ccc(C(=O)CNC(=O)c2cc(-c3c(C)nn(C)c3C)n[nH]2)cc1. The molecule has 0 aliphatic carbocycles. The van der Waals surface area contributed by atoms with Crippen molar-refractivity contribution < 1.29 is 14.3 Å². The molecule has 8 nitrogen and oxygen atoms in total. The number of Topliss-reactive ketones (excluding diaryl/α,β-unsaturated/α-hetero) is 1. The predicted molar refractivity (Wildman–Crippen MR) is 99.9 cm³/mol. The summed E-state index contributed by atoms with van der Waals surface area (Å²) in [5.41, 5.74) is 4.12. The van der Waals surface area contributed by atoms with E-state index in [0.29, 0.717) is 17.0 Å². The van der Waals surface area contributed by atoms with Gasteiger partial charge in [0.2, 0.25) is 0 Å². The molecule has 1 aromatic carbocycles. The first-order valence-electron chi connectivity index (χ1n) is 8.42. The van der Waals surface area contributed by atoms with Crippen LogP contribution in [-0.4, -0.2) is 45.3 Å². The van der Waals surface area contributed by atoms with Crippen molar-refractivity contribution >= 4 is 11.7 Å². The van der Waals surface area contributed by atoms with E-state index in [1.807, 2.05) is 20.9 Å². The first-order chi connectivity index (χ1) is 12.9. The van der Waals surface area contributed by atoms with Gasteiger partial charge in [0.05, 0.1) is 25.0 Å². The highest BCUT2D eigenvalue weighted by Crippen LogP contribution is 2.25. The Morgan fingerprint density at radius 1 is 1.22 bits per heavy atom. The second-order valence-electron chi connectivity index (χ2n) is 6.17. The molecule has 0 atom stereocenters. The third-order valence-electron chi connectivity index (χ3n) is 4.41. The zero-order valence-corrected chi connectivity index (χ0v) is 15.7. The molecule has 0 radical (unpaired) electrons. The Morgan fingerprint density at radius 3 is 2.52 bits per heavy atom. The van der Waals surface area contributed by atoms with Gasteiger partial charge in [-0.05, 0) is 44.2 Å². The number of benzene rings is 1. The number of aromatic amines is 1. The maximum absolute atomic E-state index is 12.3. The summed E-state index contributed by atoms with van der Waals surface area (Å²) in [5.74, 6) is 0.0843. The summed E-state index contributed by atoms with van der Waals surface area (Å²) in [5, 5.41) is 13.9. The second-order valence-corrected chi connectivity index (χ2v) is 6.17. The maximum Gasteiger partial charge on any atom is 0.269 e. The molecular formula is C19H21N5O3. The van der Waals surface area contributed by atoms with Crippen molar-refractivity contribution in [2.24, 2.45) is 7.05 Å². The van der Waals surface area contributed by atoms with Crippen LogP contribution in [0, 0.1) is 13.8 Å². The van der Waals surface area contributed by atoms with Gasteiger partial charge in [-0.3, -0.25) is 19.4 Å². The van der Waals surface area contributed by atoms with Crippen LogP contribution in [0.5, 0.6) is 5.75 Å². The van der Waals surface area contributed by atoms with E-state index in [2.05, 4.69) is 20.6 Å². The molecule has 140 valence electrons. The normalized spacial score (nSPS) is 10.7. The van der Waals surface area contributed by atoms with Crippen LogP contribution in [0.3, 0.4) is 0 Å². The highest BCUT2D eigenvalue weighted by molar-refractivity contribution is 6.01. The van der Waals surface area contributed by atoms with E-state index in [-0.39, 0.29) is 18.0 Å². The standard InChI is InChI=1S/C19H21N5O3/c1-11-18(12(2)24(3)23-11)15-9-16(22-21-15)19(26)20-10-17(25)13-5-7-14(27-4)8-6-13/h5-9H,10H2,1-4H3,(H,20,26)(H,21,22). The number of hydrogen-bond donors (Lipinski definition) is 2. The van der Waals surface area contributed by atoms with E-state index >= 15 is 0 Å². The Balaban J connectivity index is 1.66. The lowest BCUT2D eigenvalue weighted by atomic mass is 10.1. The van der Waals surface area contributed by atoms with Crippen LogP contribution in [0.15, 0.2) is 30.3 Å². The summed E-state index contributed by atoms with van der Waals surface area (Å²) in [6.45, 7) is 3.73. The number of ketones is 1. The van der Waals surface area contributed by atoms with Crippen LogP contribution in [0.1, 0.15) is 32.2 Å². The Labute approximate surface area is 156 Å². The highest BCUT2D eigenvalue weighted by Gasteiger charge is 2.17. The van der Waals surface area contributed by atoms with Crippen molar-refractivity contribution in [3.05, 3.63) is 53.0 Å². The van der Waals surface area contributed by atoms with Crippen LogP contribution in [0.25, 0.3) is 11.3 Å². The molecule has 0 saturated heterocycles. The third kappa shape index (κ3) is 3.74. The van der Waals surface area contributed by atoms with Crippen LogP contribution in [0.2, 0.25) is 0 Å². The molecule has 0 aliphatic rings. The minimum Gasteiger partial charge on any atom is -0.497 e. The number of carbonyl (C=O) groups is 2. The van der Waals surface area contributed by atoms with E-state index in [0.717, 1.165) is 17.0 Å². The molecule has 0 spiro atoms. The van der Waals surface area contributed by atoms with Gasteiger partial charge in [0.15, 0.2) is 5.78 Å². The first-order valence-corrected chi connectivity index (χ1v) is 8.42. The van der Waals surface area contributed by atoms with Crippen LogP contribution >= 0.6 is 0 Å². The van der Waals surface area contributed by atoms with Crippen molar-refractivity contribution in [2.45, 2.75) is 13.8 Å². The van der Waals surface area contributed by atoms with Gasteiger partial charge in [0.25, 0.3) is 5.91 Å². The van der Waals surface area contributed by atoms with Gasteiger partial charge in [-0.15, -0.1) is 0 Å². The molecule has 0 fully saturated rings. The molecule has 8 heteroatoms. The predicted octanol–water partition coefficient (Wildman–Crippen LogP) is 2.05. The molecule has 0 bridgehead atoms. The van der Waals surface area contributed by atoms with Crippen molar-refractivity contribution in [1.82, 2.24) is 25.3 Å². The Hall–Kier alpha value is -3.42. The maximum atomic E-state index is 12.3. The summed E-state index contributed by atoms with van der Waals surface area (Å²) < 4.78 is 6.83. The van der Waals surface area contributed by atoms with Gasteiger partial charge in [-0.25, -0.2) is 0 Å². The summed E-state index contributed by atoms with van der Waals surface area (Å²) in [6, 6.07) is 8.39. The topological polar surface area (TPSA) is 102 Å². The number of aryl methyl sites for hydroxylation is 2. The molecule has 3 aromatic rings. The summed E-state index contributed by atoms with van der Waals surface area (Å²) in [7, 11) is 3.42. The number of H-pyrrole nitrogens is 1. The summed E-state index contributed by atoms with van der Waals surface area (Å²) in [6.07, 6.45) is 0. The first kappa shape index (κ1) is 18.4. The second kappa shape index (κ2) is 7.45. The van der Waals surface area contributed by atoms with Crippen molar-refractivity contribution in [3.8, 4) is 17.0 Å². The molecule has 3 rings (SSSR count). The number of carbonyl (C=O) groups excluding carboxylic acids is 2. The molecule has 0 unspecified atom stereocenters. The largest absolute Gasteiger partial charge is 0.497 e. The number of ether oxygens (including phenoxy) is 1. The number of hydrogen-bond acceptors (Lipinski definition) is 5. The lowest BCUT2D eigenvalue weighted by Gasteiger charge is -2.04. The van der Waals surface area contributed by atoms with Gasteiger partial charge in [0.1, 0.15) is 11.4 Å². The lowest BCUT2D eigenvalue weighted by Crippen LogP contribution is -2.29. The van der Waals surface area contributed by atoms with Crippen LogP contribution in [0.4, 0.5) is 0 Å². The number of aromatic nitrogens is 4. The van der Waals surface area contributed by atoms with Gasteiger partial charge in [-0.2, -0.15) is 10.2 Å². The van der Waals surface area contributed by atoms with E-state index in [1.54, 1.807) is 42.1 Å². The quantitative estimate of drug-likeness (QED) is 0.649. The van der Waals surface area contributed by atoms with Crippen molar-refractivity contribution in [1.29, 1.82) is 0 Å². The minimum atomic E-state index is -0.394. The van der Waals surface area contributed by atoms with Crippen molar-refractivity contribution in [3.63, 3.8) is 0 Å². The summed E-state index contributed by atoms with van der Waals surface area (Å²) in [4.78, 5) is 24.5.